The fourth-order valence-corrected chi connectivity index (χ4v) is 3.25. The summed E-state index contributed by atoms with van der Waals surface area (Å²) in [6, 6.07) is 6.39. The molecule has 1 unspecified atom stereocenters. The van der Waals surface area contributed by atoms with Crippen LogP contribution in [0.4, 0.5) is 4.39 Å². The van der Waals surface area contributed by atoms with Gasteiger partial charge in [-0.25, -0.2) is 4.39 Å². The largest absolute Gasteiger partial charge is 0.317 e. The molecule has 0 bridgehead atoms. The minimum Gasteiger partial charge on any atom is -0.317 e. The van der Waals surface area contributed by atoms with Crippen LogP contribution in [0.2, 0.25) is 0 Å². The second kappa shape index (κ2) is 4.47. The average molecular weight is 247 g/mol. The van der Waals surface area contributed by atoms with Gasteiger partial charge in [-0.15, -0.1) is 0 Å². The van der Waals surface area contributed by atoms with Gasteiger partial charge in [0.05, 0.1) is 0 Å². The Labute approximate surface area is 107 Å². The van der Waals surface area contributed by atoms with Crippen molar-refractivity contribution in [3.05, 3.63) is 35.6 Å². The van der Waals surface area contributed by atoms with E-state index in [-0.39, 0.29) is 17.2 Å². The van der Waals surface area contributed by atoms with Crippen LogP contribution in [0.15, 0.2) is 24.3 Å². The number of hydrogen-bond donors (Lipinski definition) is 1. The van der Waals surface area contributed by atoms with Crippen molar-refractivity contribution < 1.29 is 9.18 Å². The third-order valence-corrected chi connectivity index (χ3v) is 4.45. The maximum atomic E-state index is 13.1. The molecule has 0 aromatic heterocycles. The number of Topliss-reactive ketones (excluding diaryl/α,β-unsaturated/α-hetero) is 1. The first kappa shape index (κ1) is 11.8. The molecule has 1 spiro atoms. The Bertz CT molecular complexity index is 465. The molecule has 2 fully saturated rings. The molecule has 1 aliphatic carbocycles. The summed E-state index contributed by atoms with van der Waals surface area (Å²) in [5.74, 6) is 0.262. The molecule has 1 saturated heterocycles. The smallest absolute Gasteiger partial charge is 0.140 e. The molecule has 18 heavy (non-hydrogen) atoms. The van der Waals surface area contributed by atoms with Crippen LogP contribution in [0.5, 0.6) is 0 Å². The highest BCUT2D eigenvalue weighted by molar-refractivity contribution is 5.86. The highest BCUT2D eigenvalue weighted by atomic mass is 19.1. The van der Waals surface area contributed by atoms with Crippen LogP contribution in [-0.2, 0) is 11.2 Å². The summed E-state index contributed by atoms with van der Waals surface area (Å²) in [4.78, 5) is 12.2. The molecule has 2 aliphatic rings. The van der Waals surface area contributed by atoms with Crippen molar-refractivity contribution in [2.24, 2.45) is 11.3 Å². The third-order valence-electron chi connectivity index (χ3n) is 4.45. The molecule has 3 rings (SSSR count). The average Bonchev–Trinajstić information content (AvgIpc) is 3.04. The SMILES string of the molecule is O=C(Cc1cccc(F)c1)C1CC12CCNCC2. The van der Waals surface area contributed by atoms with Crippen molar-refractivity contribution in [2.45, 2.75) is 25.7 Å². The van der Waals surface area contributed by atoms with Gasteiger partial charge in [-0.2, -0.15) is 0 Å². The first-order chi connectivity index (χ1) is 8.70. The van der Waals surface area contributed by atoms with E-state index in [1.165, 1.54) is 12.1 Å². The Hall–Kier alpha value is -1.22. The quantitative estimate of drug-likeness (QED) is 0.888. The lowest BCUT2D eigenvalue weighted by atomic mass is 9.89. The molecule has 1 aromatic carbocycles. The van der Waals surface area contributed by atoms with E-state index >= 15 is 0 Å². The number of ketones is 1. The number of rotatable bonds is 3. The van der Waals surface area contributed by atoms with E-state index in [4.69, 9.17) is 0 Å². The first-order valence-corrected chi connectivity index (χ1v) is 6.67. The molecule has 1 heterocycles. The molecule has 1 aliphatic heterocycles. The first-order valence-electron chi connectivity index (χ1n) is 6.67. The van der Waals surface area contributed by atoms with Crippen LogP contribution in [0, 0.1) is 17.2 Å². The van der Waals surface area contributed by atoms with Gasteiger partial charge in [0, 0.05) is 12.3 Å². The van der Waals surface area contributed by atoms with Crippen molar-refractivity contribution in [2.75, 3.05) is 13.1 Å². The predicted molar refractivity (Wildman–Crippen MR) is 67.8 cm³/mol. The monoisotopic (exact) mass is 247 g/mol. The van der Waals surface area contributed by atoms with E-state index in [1.54, 1.807) is 6.07 Å². The second-order valence-corrected chi connectivity index (χ2v) is 5.64. The minimum absolute atomic E-state index is 0.225. The van der Waals surface area contributed by atoms with Gasteiger partial charge < -0.3 is 5.32 Å². The van der Waals surface area contributed by atoms with E-state index in [0.717, 1.165) is 37.9 Å². The van der Waals surface area contributed by atoms with Gasteiger partial charge in [-0.1, -0.05) is 12.1 Å². The van der Waals surface area contributed by atoms with Crippen LogP contribution in [0.3, 0.4) is 0 Å². The Morgan fingerprint density at radius 2 is 2.17 bits per heavy atom. The van der Waals surface area contributed by atoms with Crippen LogP contribution in [0.1, 0.15) is 24.8 Å². The Morgan fingerprint density at radius 3 is 2.89 bits per heavy atom. The topological polar surface area (TPSA) is 29.1 Å². The summed E-state index contributed by atoms with van der Waals surface area (Å²) < 4.78 is 13.1. The molecule has 0 radical (unpaired) electrons. The Balaban J connectivity index is 1.63. The normalized spacial score (nSPS) is 25.1. The number of benzene rings is 1. The summed E-state index contributed by atoms with van der Waals surface area (Å²) in [6.07, 6.45) is 3.67. The summed E-state index contributed by atoms with van der Waals surface area (Å²) in [6.45, 7) is 2.06. The second-order valence-electron chi connectivity index (χ2n) is 5.64. The number of hydrogen-bond acceptors (Lipinski definition) is 2. The van der Waals surface area contributed by atoms with Crippen LogP contribution in [0.25, 0.3) is 0 Å². The highest BCUT2D eigenvalue weighted by Gasteiger charge is 2.56. The molecular formula is C15H18FNO. The number of piperidine rings is 1. The number of nitrogens with one attached hydrogen (secondary N) is 1. The van der Waals surface area contributed by atoms with Crippen molar-refractivity contribution in [1.82, 2.24) is 5.32 Å². The van der Waals surface area contributed by atoms with E-state index in [0.29, 0.717) is 12.2 Å². The van der Waals surface area contributed by atoms with Gasteiger partial charge in [-0.05, 0) is 55.5 Å². The molecule has 1 saturated carbocycles. The molecule has 3 heteroatoms. The third kappa shape index (κ3) is 2.19. The zero-order chi connectivity index (χ0) is 12.6. The van der Waals surface area contributed by atoms with Crippen LogP contribution < -0.4 is 5.32 Å². The van der Waals surface area contributed by atoms with Crippen LogP contribution in [-0.4, -0.2) is 18.9 Å². The van der Waals surface area contributed by atoms with E-state index < -0.39 is 0 Å². The minimum atomic E-state index is -0.257. The lowest BCUT2D eigenvalue weighted by molar-refractivity contribution is -0.120. The fourth-order valence-electron chi connectivity index (χ4n) is 3.25. The lowest BCUT2D eigenvalue weighted by Crippen LogP contribution is -2.30. The summed E-state index contributed by atoms with van der Waals surface area (Å²) in [5, 5.41) is 3.34. The standard InChI is InChI=1S/C15H18FNO/c16-12-3-1-2-11(8-12)9-14(18)13-10-15(13)4-6-17-7-5-15/h1-3,8,13,17H,4-7,9-10H2. The maximum Gasteiger partial charge on any atom is 0.140 e. The maximum absolute atomic E-state index is 13.1. The summed E-state index contributed by atoms with van der Waals surface area (Å²) >= 11 is 0. The van der Waals surface area contributed by atoms with Gasteiger partial charge >= 0.3 is 0 Å². The molecule has 1 N–H and O–H groups in total. The number of carbonyl (C=O) groups is 1. The zero-order valence-electron chi connectivity index (χ0n) is 10.4. The van der Waals surface area contributed by atoms with Gasteiger partial charge in [0.2, 0.25) is 0 Å². The number of halogens is 1. The van der Waals surface area contributed by atoms with Gasteiger partial charge in [-0.3, -0.25) is 4.79 Å². The van der Waals surface area contributed by atoms with Gasteiger partial charge in [0.25, 0.3) is 0 Å². The van der Waals surface area contributed by atoms with Gasteiger partial charge in [0.1, 0.15) is 11.6 Å². The van der Waals surface area contributed by atoms with E-state index in [9.17, 15) is 9.18 Å². The summed E-state index contributed by atoms with van der Waals surface area (Å²) in [7, 11) is 0. The Kier molecular flexibility index (Phi) is 2.94. The van der Waals surface area contributed by atoms with Gasteiger partial charge in [0.15, 0.2) is 0 Å². The zero-order valence-corrected chi connectivity index (χ0v) is 10.4. The molecule has 96 valence electrons. The lowest BCUT2D eigenvalue weighted by Gasteiger charge is -2.23. The van der Waals surface area contributed by atoms with Crippen LogP contribution >= 0.6 is 0 Å². The molecule has 2 nitrogen and oxygen atoms in total. The molecular weight excluding hydrogens is 229 g/mol. The summed E-state index contributed by atoms with van der Waals surface area (Å²) in [5.41, 5.74) is 1.09. The predicted octanol–water partition coefficient (Wildman–Crippen LogP) is 2.33. The molecule has 1 aromatic rings. The van der Waals surface area contributed by atoms with Crippen molar-refractivity contribution >= 4 is 5.78 Å². The molecule has 0 amide bonds. The van der Waals surface area contributed by atoms with Crippen molar-refractivity contribution in [1.29, 1.82) is 0 Å². The molecule has 1 atom stereocenters. The Morgan fingerprint density at radius 1 is 1.39 bits per heavy atom. The van der Waals surface area contributed by atoms with E-state index in [1.807, 2.05) is 6.07 Å². The van der Waals surface area contributed by atoms with E-state index in [2.05, 4.69) is 5.32 Å². The van der Waals surface area contributed by atoms with Crippen molar-refractivity contribution in [3.63, 3.8) is 0 Å². The fraction of sp³-hybridized carbons (Fsp3) is 0.533. The highest BCUT2D eigenvalue weighted by Crippen LogP contribution is 2.59. The number of carbonyl (C=O) groups excluding carboxylic acids is 1. The van der Waals surface area contributed by atoms with Crippen molar-refractivity contribution in [3.8, 4) is 0 Å².